The maximum absolute atomic E-state index is 14.6. The van der Waals surface area contributed by atoms with E-state index in [1.807, 2.05) is 19.1 Å². The summed E-state index contributed by atoms with van der Waals surface area (Å²) in [5, 5.41) is -0.0511. The molecule has 0 aliphatic rings. The van der Waals surface area contributed by atoms with Gasteiger partial charge in [-0.15, -0.1) is 0 Å². The lowest BCUT2D eigenvalue weighted by atomic mass is 10.1. The van der Waals surface area contributed by atoms with Gasteiger partial charge in [-0.1, -0.05) is 30.1 Å². The van der Waals surface area contributed by atoms with Crippen molar-refractivity contribution in [2.75, 3.05) is 0 Å². The highest BCUT2D eigenvalue weighted by Crippen LogP contribution is 2.25. The Morgan fingerprint density at radius 3 is 2.21 bits per heavy atom. The van der Waals surface area contributed by atoms with Crippen molar-refractivity contribution in [3.05, 3.63) is 107 Å². The molecule has 170 valence electrons. The predicted molar refractivity (Wildman–Crippen MR) is 120 cm³/mol. The van der Waals surface area contributed by atoms with Crippen LogP contribution in [0.25, 0.3) is 22.2 Å². The van der Waals surface area contributed by atoms with Crippen molar-refractivity contribution in [2.45, 2.75) is 19.8 Å². The summed E-state index contributed by atoms with van der Waals surface area (Å²) in [7, 11) is 0. The monoisotopic (exact) mass is 464 g/mol. The third kappa shape index (κ3) is 4.81. The Morgan fingerprint density at radius 2 is 1.53 bits per heavy atom. The zero-order valence-corrected chi connectivity index (χ0v) is 18.0. The SMILES string of the molecule is C/C=C/CCc1cnc(-c2cc(F)c(C#Cc3ccc4c(F)c(F)c(F)cc4c3)c(F)c2)nc1. The van der Waals surface area contributed by atoms with Crippen LogP contribution in [0.5, 0.6) is 0 Å². The molecule has 1 heterocycles. The molecule has 0 radical (unpaired) electrons. The Hall–Kier alpha value is -4.05. The Bertz CT molecular complexity index is 1440. The van der Waals surface area contributed by atoms with Crippen LogP contribution in [0.4, 0.5) is 22.0 Å². The predicted octanol–water partition coefficient (Wildman–Crippen LogP) is 6.90. The van der Waals surface area contributed by atoms with Crippen molar-refractivity contribution in [3.8, 4) is 23.2 Å². The van der Waals surface area contributed by atoms with E-state index in [-0.39, 0.29) is 27.7 Å². The van der Waals surface area contributed by atoms with Gasteiger partial charge in [0.15, 0.2) is 23.3 Å². The summed E-state index contributed by atoms with van der Waals surface area (Å²) < 4.78 is 70.0. The molecule has 0 saturated carbocycles. The van der Waals surface area contributed by atoms with E-state index < -0.39 is 34.6 Å². The molecule has 0 bridgehead atoms. The van der Waals surface area contributed by atoms with E-state index in [0.717, 1.165) is 36.6 Å². The molecule has 0 aliphatic heterocycles. The van der Waals surface area contributed by atoms with E-state index in [4.69, 9.17) is 0 Å². The van der Waals surface area contributed by atoms with Gasteiger partial charge in [-0.25, -0.2) is 31.9 Å². The maximum atomic E-state index is 14.6. The van der Waals surface area contributed by atoms with Crippen LogP contribution in [-0.4, -0.2) is 9.97 Å². The van der Waals surface area contributed by atoms with Crippen LogP contribution in [0.1, 0.15) is 30.0 Å². The fourth-order valence-corrected chi connectivity index (χ4v) is 3.39. The number of aromatic nitrogens is 2. The normalized spacial score (nSPS) is 11.1. The summed E-state index contributed by atoms with van der Waals surface area (Å²) in [5.41, 5.74) is 0.850. The van der Waals surface area contributed by atoms with Gasteiger partial charge < -0.3 is 0 Å². The zero-order valence-electron chi connectivity index (χ0n) is 18.0. The van der Waals surface area contributed by atoms with Crippen molar-refractivity contribution >= 4 is 10.8 Å². The van der Waals surface area contributed by atoms with Gasteiger partial charge in [0, 0.05) is 28.9 Å². The van der Waals surface area contributed by atoms with E-state index >= 15 is 0 Å². The summed E-state index contributed by atoms with van der Waals surface area (Å²) in [6.07, 6.45) is 8.80. The van der Waals surface area contributed by atoms with Crippen LogP contribution >= 0.6 is 0 Å². The minimum atomic E-state index is -1.57. The third-order valence-electron chi connectivity index (χ3n) is 5.15. The Labute approximate surface area is 192 Å². The fraction of sp³-hybridized carbons (Fsp3) is 0.111. The number of rotatable bonds is 4. The number of fused-ring (bicyclic) bond motifs is 1. The number of aryl methyl sites for hydroxylation is 1. The smallest absolute Gasteiger partial charge is 0.195 e. The molecule has 2 nitrogen and oxygen atoms in total. The van der Waals surface area contributed by atoms with Gasteiger partial charge in [-0.2, -0.15) is 0 Å². The molecule has 3 aromatic carbocycles. The Morgan fingerprint density at radius 1 is 0.824 bits per heavy atom. The number of hydrogen-bond donors (Lipinski definition) is 0. The first kappa shape index (κ1) is 23.1. The van der Waals surface area contributed by atoms with Crippen LogP contribution in [-0.2, 0) is 6.42 Å². The van der Waals surface area contributed by atoms with Crippen LogP contribution in [0.2, 0.25) is 0 Å². The molecule has 34 heavy (non-hydrogen) atoms. The molecule has 0 amide bonds. The molecule has 0 atom stereocenters. The first-order valence-corrected chi connectivity index (χ1v) is 10.4. The van der Waals surface area contributed by atoms with E-state index in [9.17, 15) is 22.0 Å². The molecular formula is C27H17F5N2. The molecule has 7 heteroatoms. The lowest BCUT2D eigenvalue weighted by Gasteiger charge is -2.05. The summed E-state index contributed by atoms with van der Waals surface area (Å²) in [6.45, 7) is 1.93. The Kier molecular flexibility index (Phi) is 6.69. The number of hydrogen-bond acceptors (Lipinski definition) is 2. The second-order valence-corrected chi connectivity index (χ2v) is 7.51. The minimum absolute atomic E-state index is 0.0748. The standard InChI is InChI=1S/C27H17F5N2/c1-2-3-4-5-17-14-33-27(34-15-17)19-12-22(28)21(23(29)13-19)9-7-16-6-8-20-18(10-16)11-24(30)26(32)25(20)31/h2-3,6,8,10-15H,4-5H2,1H3/b3-2+. The molecule has 0 aliphatic carbocycles. The Balaban J connectivity index is 1.61. The molecule has 0 saturated heterocycles. The molecule has 0 fully saturated rings. The summed E-state index contributed by atoms with van der Waals surface area (Å²) in [6, 6.07) is 6.91. The van der Waals surface area contributed by atoms with Gasteiger partial charge in [0.05, 0.1) is 5.56 Å². The van der Waals surface area contributed by atoms with E-state index in [1.54, 1.807) is 12.4 Å². The highest BCUT2D eigenvalue weighted by molar-refractivity contribution is 5.84. The molecular weight excluding hydrogens is 447 g/mol. The highest BCUT2D eigenvalue weighted by atomic mass is 19.2. The maximum Gasteiger partial charge on any atom is 0.195 e. The van der Waals surface area contributed by atoms with Gasteiger partial charge >= 0.3 is 0 Å². The summed E-state index contributed by atoms with van der Waals surface area (Å²) in [4.78, 5) is 8.38. The third-order valence-corrected chi connectivity index (χ3v) is 5.15. The van der Waals surface area contributed by atoms with Crippen molar-refractivity contribution < 1.29 is 22.0 Å². The molecule has 0 spiro atoms. The van der Waals surface area contributed by atoms with E-state index in [2.05, 4.69) is 21.8 Å². The average Bonchev–Trinajstić information content (AvgIpc) is 2.82. The zero-order chi connectivity index (χ0) is 24.2. The highest BCUT2D eigenvalue weighted by Gasteiger charge is 2.14. The average molecular weight is 464 g/mol. The van der Waals surface area contributed by atoms with Crippen molar-refractivity contribution in [1.29, 1.82) is 0 Å². The number of benzene rings is 3. The first-order chi connectivity index (χ1) is 16.4. The van der Waals surface area contributed by atoms with Crippen molar-refractivity contribution in [1.82, 2.24) is 9.97 Å². The van der Waals surface area contributed by atoms with Crippen LogP contribution in [0, 0.1) is 40.9 Å². The van der Waals surface area contributed by atoms with Crippen LogP contribution in [0.3, 0.4) is 0 Å². The number of allylic oxidation sites excluding steroid dienone is 2. The second kappa shape index (κ2) is 9.84. The first-order valence-electron chi connectivity index (χ1n) is 10.4. The minimum Gasteiger partial charge on any atom is -0.236 e. The van der Waals surface area contributed by atoms with Crippen LogP contribution < -0.4 is 0 Å². The number of halogens is 5. The van der Waals surface area contributed by atoms with Crippen molar-refractivity contribution in [2.24, 2.45) is 0 Å². The lowest BCUT2D eigenvalue weighted by Crippen LogP contribution is -1.97. The second-order valence-electron chi connectivity index (χ2n) is 7.51. The molecule has 0 unspecified atom stereocenters. The fourth-order valence-electron chi connectivity index (χ4n) is 3.39. The van der Waals surface area contributed by atoms with Gasteiger partial charge in [0.1, 0.15) is 11.6 Å². The molecule has 0 N–H and O–H groups in total. The molecule has 4 rings (SSSR count). The van der Waals surface area contributed by atoms with E-state index in [1.165, 1.54) is 18.2 Å². The molecule has 1 aromatic heterocycles. The quantitative estimate of drug-likeness (QED) is 0.142. The van der Waals surface area contributed by atoms with Gasteiger partial charge in [0.25, 0.3) is 0 Å². The lowest BCUT2D eigenvalue weighted by molar-refractivity contribution is 0.453. The van der Waals surface area contributed by atoms with Crippen LogP contribution in [0.15, 0.2) is 60.9 Å². The van der Waals surface area contributed by atoms with Gasteiger partial charge in [0.2, 0.25) is 0 Å². The number of nitrogens with zero attached hydrogens (tertiary/aromatic N) is 2. The van der Waals surface area contributed by atoms with E-state index in [0.29, 0.717) is 0 Å². The summed E-state index contributed by atoms with van der Waals surface area (Å²) in [5.74, 6) is -0.851. The largest absolute Gasteiger partial charge is 0.236 e. The topological polar surface area (TPSA) is 25.8 Å². The summed E-state index contributed by atoms with van der Waals surface area (Å²) >= 11 is 0. The molecule has 4 aromatic rings. The van der Waals surface area contributed by atoms with Gasteiger partial charge in [-0.05, 0) is 61.0 Å². The van der Waals surface area contributed by atoms with Gasteiger partial charge in [-0.3, -0.25) is 0 Å². The van der Waals surface area contributed by atoms with Crippen molar-refractivity contribution in [3.63, 3.8) is 0 Å².